The zero-order valence-electron chi connectivity index (χ0n) is 12.9. The highest BCUT2D eigenvalue weighted by Gasteiger charge is 2.34. The van der Waals surface area contributed by atoms with Gasteiger partial charge in [-0.1, -0.05) is 0 Å². The number of halogens is 1. The van der Waals surface area contributed by atoms with E-state index in [1.165, 1.54) is 20.4 Å². The Labute approximate surface area is 141 Å². The van der Waals surface area contributed by atoms with Crippen molar-refractivity contribution < 1.29 is 22.4 Å². The fourth-order valence-corrected chi connectivity index (χ4v) is 3.26. The van der Waals surface area contributed by atoms with Crippen LogP contribution in [0.3, 0.4) is 0 Å². The van der Waals surface area contributed by atoms with Crippen molar-refractivity contribution in [3.05, 3.63) is 17.8 Å². The second kappa shape index (κ2) is 8.06. The van der Waals surface area contributed by atoms with E-state index in [0.717, 1.165) is 4.31 Å². The molecule has 1 aliphatic rings. The Morgan fingerprint density at radius 3 is 2.74 bits per heavy atom. The molecule has 9 nitrogen and oxygen atoms in total. The molecule has 1 fully saturated rings. The molecule has 23 heavy (non-hydrogen) atoms. The van der Waals surface area contributed by atoms with Gasteiger partial charge < -0.3 is 20.2 Å². The lowest BCUT2D eigenvalue weighted by Crippen LogP contribution is -2.43. The summed E-state index contributed by atoms with van der Waals surface area (Å²) in [6.45, 7) is 0.648. The molecule has 1 aromatic heterocycles. The normalized spacial score (nSPS) is 21.2. The molecule has 11 heteroatoms. The number of rotatable bonds is 6. The average Bonchev–Trinajstić information content (AvgIpc) is 3.08. The topological polar surface area (TPSA) is 128 Å². The van der Waals surface area contributed by atoms with Gasteiger partial charge in [0, 0.05) is 20.0 Å². The first-order chi connectivity index (χ1) is 10.3. The molecule has 2 rings (SSSR count). The Morgan fingerprint density at radius 2 is 2.17 bits per heavy atom. The van der Waals surface area contributed by atoms with Crippen molar-refractivity contribution in [2.45, 2.75) is 12.6 Å². The predicted octanol–water partition coefficient (Wildman–Crippen LogP) is -0.809. The van der Waals surface area contributed by atoms with Crippen LogP contribution >= 0.6 is 12.4 Å². The van der Waals surface area contributed by atoms with Crippen LogP contribution in [0, 0.1) is 5.92 Å². The monoisotopic (exact) mass is 368 g/mol. The molecule has 1 saturated heterocycles. The highest BCUT2D eigenvalue weighted by molar-refractivity contribution is 7.89. The third kappa shape index (κ3) is 4.88. The van der Waals surface area contributed by atoms with Crippen LogP contribution in [0.4, 0.5) is 0 Å². The lowest BCUT2D eigenvalue weighted by Gasteiger charge is -2.20. The molecule has 132 valence electrons. The van der Waals surface area contributed by atoms with Gasteiger partial charge in [-0.05, 0) is 0 Å². The molecule has 2 atom stereocenters. The second-order valence-electron chi connectivity index (χ2n) is 5.27. The number of amides is 1. The van der Waals surface area contributed by atoms with Gasteiger partial charge in [0.15, 0.2) is 5.69 Å². The van der Waals surface area contributed by atoms with E-state index >= 15 is 0 Å². The Kier molecular flexibility index (Phi) is 6.96. The van der Waals surface area contributed by atoms with Gasteiger partial charge in [-0.2, -0.15) is 0 Å². The minimum absolute atomic E-state index is 0. The third-order valence-electron chi connectivity index (χ3n) is 3.45. The maximum absolute atomic E-state index is 12.1. The standard InChI is InChI=1S/C12H20N4O5S.ClH/c1-16(2)22(18,19)7-8-4-20-5-9(8)15-12(17)10-6-21-11(3-13)14-10;/h6,8-9H,3-5,7,13H2,1-2H3,(H,15,17);1H/t8-,9-;/m0./s1. The van der Waals surface area contributed by atoms with Gasteiger partial charge in [0.05, 0.1) is 31.6 Å². The number of ether oxygens (including phenoxy) is 1. The number of oxazole rings is 1. The van der Waals surface area contributed by atoms with E-state index in [0.29, 0.717) is 0 Å². The zero-order chi connectivity index (χ0) is 16.3. The van der Waals surface area contributed by atoms with Gasteiger partial charge in [-0.3, -0.25) is 4.79 Å². The first-order valence-corrected chi connectivity index (χ1v) is 8.37. The van der Waals surface area contributed by atoms with E-state index in [4.69, 9.17) is 14.9 Å². The first kappa shape index (κ1) is 19.8. The summed E-state index contributed by atoms with van der Waals surface area (Å²) >= 11 is 0. The molecular formula is C12H21ClN4O5S. The summed E-state index contributed by atoms with van der Waals surface area (Å²) in [5.41, 5.74) is 5.48. The van der Waals surface area contributed by atoms with Crippen molar-refractivity contribution >= 4 is 28.3 Å². The summed E-state index contributed by atoms with van der Waals surface area (Å²) in [6.07, 6.45) is 1.22. The second-order valence-corrected chi connectivity index (χ2v) is 7.50. The van der Waals surface area contributed by atoms with Gasteiger partial charge >= 0.3 is 0 Å². The Morgan fingerprint density at radius 1 is 1.48 bits per heavy atom. The minimum Gasteiger partial charge on any atom is -0.447 e. The Hall–Kier alpha value is -1.20. The number of hydrogen-bond donors (Lipinski definition) is 2. The molecule has 0 saturated carbocycles. The van der Waals surface area contributed by atoms with E-state index in [2.05, 4.69) is 10.3 Å². The fraction of sp³-hybridized carbons (Fsp3) is 0.667. The lowest BCUT2D eigenvalue weighted by atomic mass is 10.1. The summed E-state index contributed by atoms with van der Waals surface area (Å²) in [5, 5.41) is 2.73. The van der Waals surface area contributed by atoms with Gasteiger partial charge in [0.2, 0.25) is 15.9 Å². The molecule has 0 radical (unpaired) electrons. The van der Waals surface area contributed by atoms with Crippen LogP contribution < -0.4 is 11.1 Å². The van der Waals surface area contributed by atoms with Crippen molar-refractivity contribution in [3.8, 4) is 0 Å². The molecule has 0 spiro atoms. The van der Waals surface area contributed by atoms with Crippen molar-refractivity contribution in [3.63, 3.8) is 0 Å². The van der Waals surface area contributed by atoms with Crippen LogP contribution in [0.25, 0.3) is 0 Å². The lowest BCUT2D eigenvalue weighted by molar-refractivity contribution is 0.0921. The number of sulfonamides is 1. The summed E-state index contributed by atoms with van der Waals surface area (Å²) in [6, 6.07) is -0.389. The van der Waals surface area contributed by atoms with E-state index in [1.807, 2.05) is 0 Å². The molecule has 0 bridgehead atoms. The molecule has 0 aliphatic carbocycles. The highest BCUT2D eigenvalue weighted by Crippen LogP contribution is 2.17. The van der Waals surface area contributed by atoms with Crippen LogP contribution in [0.15, 0.2) is 10.7 Å². The zero-order valence-corrected chi connectivity index (χ0v) is 14.5. The number of carbonyl (C=O) groups is 1. The van der Waals surface area contributed by atoms with E-state index in [1.54, 1.807) is 0 Å². The predicted molar refractivity (Wildman–Crippen MR) is 84.7 cm³/mol. The molecule has 0 unspecified atom stereocenters. The summed E-state index contributed by atoms with van der Waals surface area (Å²) in [5.74, 6) is -0.569. The minimum atomic E-state index is -3.36. The van der Waals surface area contributed by atoms with Crippen LogP contribution in [-0.2, 0) is 21.3 Å². The van der Waals surface area contributed by atoms with E-state index in [-0.39, 0.29) is 61.5 Å². The smallest absolute Gasteiger partial charge is 0.273 e. The van der Waals surface area contributed by atoms with Gasteiger partial charge in [0.1, 0.15) is 6.26 Å². The number of nitrogens with one attached hydrogen (secondary N) is 1. The maximum atomic E-state index is 12.1. The number of nitrogens with two attached hydrogens (primary N) is 1. The van der Waals surface area contributed by atoms with Gasteiger partial charge in [0.25, 0.3) is 5.91 Å². The van der Waals surface area contributed by atoms with Crippen molar-refractivity contribution in [1.82, 2.24) is 14.6 Å². The average molecular weight is 369 g/mol. The molecule has 0 aromatic carbocycles. The SMILES string of the molecule is CN(C)S(=O)(=O)C[C@@H]1COC[C@@H]1NC(=O)c1coc(CN)n1.Cl. The first-order valence-electron chi connectivity index (χ1n) is 6.76. The summed E-state index contributed by atoms with van der Waals surface area (Å²) in [7, 11) is -0.414. The third-order valence-corrected chi connectivity index (χ3v) is 5.42. The molecule has 3 N–H and O–H groups in total. The molecule has 1 amide bonds. The Bertz CT molecular complexity index is 633. The van der Waals surface area contributed by atoms with Crippen molar-refractivity contribution in [2.24, 2.45) is 11.7 Å². The number of aromatic nitrogens is 1. The van der Waals surface area contributed by atoms with Gasteiger partial charge in [-0.15, -0.1) is 12.4 Å². The van der Waals surface area contributed by atoms with Gasteiger partial charge in [-0.25, -0.2) is 17.7 Å². The highest BCUT2D eigenvalue weighted by atomic mass is 35.5. The van der Waals surface area contributed by atoms with Crippen LogP contribution in [0.1, 0.15) is 16.4 Å². The summed E-state index contributed by atoms with van der Waals surface area (Å²) < 4.78 is 35.4. The van der Waals surface area contributed by atoms with E-state index in [9.17, 15) is 13.2 Å². The van der Waals surface area contributed by atoms with Crippen LogP contribution in [0.5, 0.6) is 0 Å². The van der Waals surface area contributed by atoms with Crippen LogP contribution in [-0.4, -0.2) is 62.7 Å². The number of carbonyl (C=O) groups excluding carboxylic acids is 1. The molecular weight excluding hydrogens is 348 g/mol. The van der Waals surface area contributed by atoms with Crippen molar-refractivity contribution in [2.75, 3.05) is 33.1 Å². The quantitative estimate of drug-likeness (QED) is 0.672. The number of nitrogens with zero attached hydrogens (tertiary/aromatic N) is 2. The maximum Gasteiger partial charge on any atom is 0.273 e. The largest absolute Gasteiger partial charge is 0.447 e. The molecule has 1 aromatic rings. The fourth-order valence-electron chi connectivity index (χ4n) is 2.09. The van der Waals surface area contributed by atoms with E-state index < -0.39 is 15.9 Å². The summed E-state index contributed by atoms with van der Waals surface area (Å²) in [4.78, 5) is 16.0. The number of hydrogen-bond acceptors (Lipinski definition) is 7. The molecule has 2 heterocycles. The molecule has 1 aliphatic heterocycles. The Balaban J connectivity index is 0.00000264. The van der Waals surface area contributed by atoms with Crippen LogP contribution in [0.2, 0.25) is 0 Å². The van der Waals surface area contributed by atoms with Crippen molar-refractivity contribution in [1.29, 1.82) is 0 Å².